The maximum absolute atomic E-state index is 12.2. The molecular formula is C24H23ClN2O4. The number of methoxy groups -OCH3 is 1. The SMILES string of the molecule is COC(=O)c1cccc(-c2cccc(NCC(=O)NC[C@H](O)c3cccc(Cl)c3)c2)c1. The number of benzene rings is 3. The summed E-state index contributed by atoms with van der Waals surface area (Å²) < 4.78 is 4.77. The zero-order chi connectivity index (χ0) is 22.2. The van der Waals surface area contributed by atoms with Crippen molar-refractivity contribution in [3.05, 3.63) is 88.9 Å². The number of amides is 1. The van der Waals surface area contributed by atoms with Gasteiger partial charge in [0.1, 0.15) is 0 Å². The molecule has 3 aromatic rings. The molecule has 7 heteroatoms. The van der Waals surface area contributed by atoms with Crippen molar-refractivity contribution in [1.82, 2.24) is 5.32 Å². The normalized spacial score (nSPS) is 11.5. The minimum Gasteiger partial charge on any atom is -0.465 e. The monoisotopic (exact) mass is 438 g/mol. The van der Waals surface area contributed by atoms with Crippen molar-refractivity contribution < 1.29 is 19.4 Å². The van der Waals surface area contributed by atoms with Crippen LogP contribution in [0.3, 0.4) is 0 Å². The lowest BCUT2D eigenvalue weighted by molar-refractivity contribution is -0.119. The number of anilines is 1. The van der Waals surface area contributed by atoms with Crippen molar-refractivity contribution in [2.75, 3.05) is 25.5 Å². The third-order valence-electron chi connectivity index (χ3n) is 4.66. The Hall–Kier alpha value is -3.35. The van der Waals surface area contributed by atoms with Crippen molar-refractivity contribution in [3.8, 4) is 11.1 Å². The number of rotatable bonds is 8. The Morgan fingerprint density at radius 2 is 1.71 bits per heavy atom. The molecular weight excluding hydrogens is 416 g/mol. The van der Waals surface area contributed by atoms with E-state index in [4.69, 9.17) is 16.3 Å². The van der Waals surface area contributed by atoms with Gasteiger partial charge in [0, 0.05) is 17.3 Å². The van der Waals surface area contributed by atoms with E-state index in [2.05, 4.69) is 10.6 Å². The summed E-state index contributed by atoms with van der Waals surface area (Å²) in [7, 11) is 1.35. The lowest BCUT2D eigenvalue weighted by atomic mass is 10.0. The topological polar surface area (TPSA) is 87.7 Å². The van der Waals surface area contributed by atoms with E-state index in [1.165, 1.54) is 7.11 Å². The van der Waals surface area contributed by atoms with Crippen molar-refractivity contribution in [2.45, 2.75) is 6.10 Å². The first-order valence-corrected chi connectivity index (χ1v) is 10.1. The van der Waals surface area contributed by atoms with E-state index in [9.17, 15) is 14.7 Å². The number of aliphatic hydroxyl groups is 1. The molecule has 31 heavy (non-hydrogen) atoms. The van der Waals surface area contributed by atoms with Crippen LogP contribution in [0.25, 0.3) is 11.1 Å². The molecule has 0 heterocycles. The number of hydrogen-bond acceptors (Lipinski definition) is 5. The number of carbonyl (C=O) groups excluding carboxylic acids is 2. The van der Waals surface area contributed by atoms with Gasteiger partial charge in [0.2, 0.25) is 5.91 Å². The summed E-state index contributed by atoms with van der Waals surface area (Å²) in [5.74, 6) is -0.646. The second kappa shape index (κ2) is 10.6. The van der Waals surface area contributed by atoms with Crippen LogP contribution in [0.4, 0.5) is 5.69 Å². The Morgan fingerprint density at radius 1 is 1.00 bits per heavy atom. The Kier molecular flexibility index (Phi) is 7.65. The molecule has 6 nitrogen and oxygen atoms in total. The molecule has 1 amide bonds. The molecule has 0 unspecified atom stereocenters. The fourth-order valence-electron chi connectivity index (χ4n) is 3.04. The van der Waals surface area contributed by atoms with Crippen LogP contribution in [0, 0.1) is 0 Å². The van der Waals surface area contributed by atoms with Gasteiger partial charge in [0.15, 0.2) is 0 Å². The van der Waals surface area contributed by atoms with Gasteiger partial charge in [0.05, 0.1) is 25.3 Å². The molecule has 0 aromatic heterocycles. The van der Waals surface area contributed by atoms with Gasteiger partial charge in [-0.05, 0) is 53.1 Å². The van der Waals surface area contributed by atoms with Crippen LogP contribution in [0.1, 0.15) is 22.0 Å². The molecule has 0 bridgehead atoms. The summed E-state index contributed by atoms with van der Waals surface area (Å²) in [6.07, 6.45) is -0.840. The molecule has 1 atom stereocenters. The van der Waals surface area contributed by atoms with Crippen LogP contribution in [-0.2, 0) is 9.53 Å². The smallest absolute Gasteiger partial charge is 0.337 e. The standard InChI is InChI=1S/C24H23ClN2O4/c1-31-24(30)19-8-2-5-16(11-19)17-6-4-10-21(13-17)26-15-23(29)27-14-22(28)18-7-3-9-20(25)12-18/h2-13,22,26,28H,14-15H2,1H3,(H,27,29)/t22-/m0/s1. The molecule has 0 spiro atoms. The lowest BCUT2D eigenvalue weighted by Crippen LogP contribution is -2.33. The van der Waals surface area contributed by atoms with Crippen LogP contribution in [0.15, 0.2) is 72.8 Å². The van der Waals surface area contributed by atoms with E-state index >= 15 is 0 Å². The van der Waals surface area contributed by atoms with E-state index in [0.717, 1.165) is 16.8 Å². The van der Waals surface area contributed by atoms with E-state index < -0.39 is 12.1 Å². The first-order valence-electron chi connectivity index (χ1n) is 9.69. The second-order valence-corrected chi connectivity index (χ2v) is 7.32. The van der Waals surface area contributed by atoms with Gasteiger partial charge in [-0.3, -0.25) is 4.79 Å². The molecule has 3 rings (SSSR count). The molecule has 0 aliphatic heterocycles. The number of aliphatic hydroxyl groups excluding tert-OH is 1. The molecule has 0 saturated carbocycles. The van der Waals surface area contributed by atoms with E-state index in [-0.39, 0.29) is 19.0 Å². The molecule has 3 aromatic carbocycles. The number of halogens is 1. The van der Waals surface area contributed by atoms with Crippen LogP contribution in [0.5, 0.6) is 0 Å². The van der Waals surface area contributed by atoms with Crippen molar-refractivity contribution >= 4 is 29.2 Å². The highest BCUT2D eigenvalue weighted by Gasteiger charge is 2.11. The maximum atomic E-state index is 12.2. The molecule has 0 saturated heterocycles. The predicted octanol–water partition coefficient (Wildman–Crippen LogP) is 4.06. The Morgan fingerprint density at radius 3 is 2.45 bits per heavy atom. The summed E-state index contributed by atoms with van der Waals surface area (Å²) in [6, 6.07) is 21.6. The number of ether oxygens (including phenoxy) is 1. The number of carbonyl (C=O) groups is 2. The zero-order valence-electron chi connectivity index (χ0n) is 17.0. The molecule has 160 valence electrons. The van der Waals surface area contributed by atoms with Gasteiger partial charge in [-0.2, -0.15) is 0 Å². The van der Waals surface area contributed by atoms with Gasteiger partial charge in [-0.1, -0.05) is 48.0 Å². The van der Waals surface area contributed by atoms with Crippen LogP contribution in [0.2, 0.25) is 5.02 Å². The summed E-state index contributed by atoms with van der Waals surface area (Å²) in [6.45, 7) is 0.134. The highest BCUT2D eigenvalue weighted by molar-refractivity contribution is 6.30. The quantitative estimate of drug-likeness (QED) is 0.462. The minimum absolute atomic E-state index is 0.0495. The average Bonchev–Trinajstić information content (AvgIpc) is 2.81. The second-order valence-electron chi connectivity index (χ2n) is 6.88. The van der Waals surface area contributed by atoms with Crippen molar-refractivity contribution in [2.24, 2.45) is 0 Å². The van der Waals surface area contributed by atoms with E-state index in [0.29, 0.717) is 16.1 Å². The van der Waals surface area contributed by atoms with Gasteiger partial charge in [-0.15, -0.1) is 0 Å². The molecule has 0 radical (unpaired) electrons. The van der Waals surface area contributed by atoms with Crippen molar-refractivity contribution in [3.63, 3.8) is 0 Å². The summed E-state index contributed by atoms with van der Waals surface area (Å²) in [4.78, 5) is 23.9. The molecule has 0 fully saturated rings. The van der Waals surface area contributed by atoms with E-state index in [1.807, 2.05) is 30.3 Å². The zero-order valence-corrected chi connectivity index (χ0v) is 17.7. The van der Waals surface area contributed by atoms with Crippen molar-refractivity contribution in [1.29, 1.82) is 0 Å². The van der Waals surface area contributed by atoms with Crippen LogP contribution < -0.4 is 10.6 Å². The largest absolute Gasteiger partial charge is 0.465 e. The first-order chi connectivity index (χ1) is 15.0. The van der Waals surface area contributed by atoms with Crippen LogP contribution in [-0.4, -0.2) is 37.2 Å². The molecule has 0 aliphatic carbocycles. The Labute approximate surface area is 185 Å². The van der Waals surface area contributed by atoms with Gasteiger partial charge in [-0.25, -0.2) is 4.79 Å². The fraction of sp³-hybridized carbons (Fsp3) is 0.167. The average molecular weight is 439 g/mol. The summed E-state index contributed by atoms with van der Waals surface area (Å²) >= 11 is 5.93. The number of nitrogens with one attached hydrogen (secondary N) is 2. The maximum Gasteiger partial charge on any atom is 0.337 e. The van der Waals surface area contributed by atoms with Gasteiger partial charge in [0.25, 0.3) is 0 Å². The lowest BCUT2D eigenvalue weighted by Gasteiger charge is -2.13. The number of esters is 1. The Balaban J connectivity index is 1.56. The Bertz CT molecular complexity index is 1070. The third kappa shape index (κ3) is 6.31. The number of hydrogen-bond donors (Lipinski definition) is 3. The minimum atomic E-state index is -0.840. The summed E-state index contributed by atoms with van der Waals surface area (Å²) in [5, 5.41) is 16.5. The fourth-order valence-corrected chi connectivity index (χ4v) is 3.24. The molecule has 0 aliphatic rings. The summed E-state index contributed by atoms with van der Waals surface area (Å²) in [5.41, 5.74) is 3.62. The third-order valence-corrected chi connectivity index (χ3v) is 4.89. The molecule has 3 N–H and O–H groups in total. The van der Waals surface area contributed by atoms with E-state index in [1.54, 1.807) is 42.5 Å². The predicted molar refractivity (Wildman–Crippen MR) is 121 cm³/mol. The highest BCUT2D eigenvalue weighted by Crippen LogP contribution is 2.24. The van der Waals surface area contributed by atoms with Crippen LogP contribution >= 0.6 is 11.6 Å². The first kappa shape index (κ1) is 22.3. The van der Waals surface area contributed by atoms with Gasteiger partial charge >= 0.3 is 5.97 Å². The van der Waals surface area contributed by atoms with Gasteiger partial charge < -0.3 is 20.5 Å². The highest BCUT2D eigenvalue weighted by atomic mass is 35.5.